The van der Waals surface area contributed by atoms with Crippen molar-refractivity contribution < 1.29 is 13.2 Å². The van der Waals surface area contributed by atoms with Crippen LogP contribution in [0.5, 0.6) is 0 Å². The Morgan fingerprint density at radius 2 is 2.00 bits per heavy atom. The molecule has 1 aliphatic heterocycles. The molecule has 1 fully saturated rings. The average Bonchev–Trinajstić information content (AvgIpc) is 2.57. The van der Waals surface area contributed by atoms with E-state index < -0.39 is 15.6 Å². The Kier molecular flexibility index (Phi) is 6.36. The van der Waals surface area contributed by atoms with Gasteiger partial charge in [0.25, 0.3) is 5.56 Å². The fraction of sp³-hybridized carbons (Fsp3) is 0.625. The first-order valence-electron chi connectivity index (χ1n) is 8.52. The highest BCUT2D eigenvalue weighted by Gasteiger charge is 2.25. The monoisotopic (exact) mass is 370 g/mol. The van der Waals surface area contributed by atoms with Crippen molar-refractivity contribution in [2.45, 2.75) is 38.3 Å². The highest BCUT2D eigenvalue weighted by molar-refractivity contribution is 7.89. The number of carbonyl (C=O) groups is 1. The second-order valence-corrected chi connectivity index (χ2v) is 8.00. The van der Waals surface area contributed by atoms with Crippen molar-refractivity contribution >= 4 is 15.9 Å². The lowest BCUT2D eigenvalue weighted by molar-refractivity contribution is -0.134. The van der Waals surface area contributed by atoms with E-state index in [0.29, 0.717) is 32.7 Å². The first-order valence-corrected chi connectivity index (χ1v) is 9.96. The molecule has 0 aliphatic carbocycles. The van der Waals surface area contributed by atoms with Crippen molar-refractivity contribution in [1.82, 2.24) is 19.1 Å². The minimum Gasteiger partial charge on any atom is -0.336 e. The zero-order chi connectivity index (χ0) is 18.6. The molecular weight excluding hydrogens is 344 g/mol. The number of rotatable bonds is 6. The molecule has 0 aromatic carbocycles. The van der Waals surface area contributed by atoms with Crippen molar-refractivity contribution in [3.63, 3.8) is 0 Å². The molecule has 25 heavy (non-hydrogen) atoms. The molecular formula is C16H26N4O4S. The van der Waals surface area contributed by atoms with E-state index in [1.165, 1.54) is 27.2 Å². The second kappa shape index (κ2) is 8.11. The number of nitrogens with one attached hydrogen (secondary N) is 1. The first kappa shape index (κ1) is 19.6. The molecule has 1 aromatic heterocycles. The van der Waals surface area contributed by atoms with Gasteiger partial charge >= 0.3 is 0 Å². The van der Waals surface area contributed by atoms with E-state index >= 15 is 0 Å². The number of piperazine rings is 1. The molecule has 1 amide bonds. The molecule has 140 valence electrons. The van der Waals surface area contributed by atoms with Gasteiger partial charge in [-0.25, -0.2) is 8.42 Å². The largest absolute Gasteiger partial charge is 0.336 e. The van der Waals surface area contributed by atoms with Crippen LogP contribution in [0, 0.1) is 0 Å². The SMILES string of the molecule is CCN(CC)S(=O)(=O)c1ccc(=O)n(CC(=O)N2CCNC[C@@H]2C)c1. The Morgan fingerprint density at radius 3 is 2.60 bits per heavy atom. The molecule has 0 saturated carbocycles. The van der Waals surface area contributed by atoms with E-state index in [1.54, 1.807) is 18.7 Å². The smallest absolute Gasteiger partial charge is 0.251 e. The van der Waals surface area contributed by atoms with Crippen molar-refractivity contribution in [3.8, 4) is 0 Å². The van der Waals surface area contributed by atoms with Gasteiger partial charge < -0.3 is 14.8 Å². The lowest BCUT2D eigenvalue weighted by Gasteiger charge is -2.34. The lowest BCUT2D eigenvalue weighted by Crippen LogP contribution is -2.53. The summed E-state index contributed by atoms with van der Waals surface area (Å²) in [6, 6.07) is 2.54. The van der Waals surface area contributed by atoms with Crippen LogP contribution in [0.15, 0.2) is 28.0 Å². The van der Waals surface area contributed by atoms with E-state index in [0.717, 1.165) is 0 Å². The van der Waals surface area contributed by atoms with Crippen LogP contribution in [0.25, 0.3) is 0 Å². The van der Waals surface area contributed by atoms with Crippen LogP contribution in [0.3, 0.4) is 0 Å². The summed E-state index contributed by atoms with van der Waals surface area (Å²) in [5, 5.41) is 3.20. The Morgan fingerprint density at radius 1 is 1.32 bits per heavy atom. The molecule has 2 heterocycles. The van der Waals surface area contributed by atoms with Crippen LogP contribution in [0.2, 0.25) is 0 Å². The molecule has 1 atom stereocenters. The van der Waals surface area contributed by atoms with Gasteiger partial charge in [0, 0.05) is 51.0 Å². The molecule has 0 radical (unpaired) electrons. The van der Waals surface area contributed by atoms with Crippen molar-refractivity contribution in [1.29, 1.82) is 0 Å². The number of carbonyl (C=O) groups excluding carboxylic acids is 1. The number of nitrogens with zero attached hydrogens (tertiary/aromatic N) is 3. The molecule has 9 heteroatoms. The minimum atomic E-state index is -3.67. The van der Waals surface area contributed by atoms with Gasteiger partial charge in [-0.05, 0) is 13.0 Å². The Hall–Kier alpha value is -1.71. The summed E-state index contributed by atoms with van der Waals surface area (Å²) in [6.45, 7) is 7.96. The van der Waals surface area contributed by atoms with Gasteiger partial charge in [0.15, 0.2) is 0 Å². The van der Waals surface area contributed by atoms with Gasteiger partial charge in [-0.15, -0.1) is 0 Å². The first-order chi connectivity index (χ1) is 11.8. The number of hydrogen-bond acceptors (Lipinski definition) is 5. The fourth-order valence-corrected chi connectivity index (χ4v) is 4.42. The third-order valence-electron chi connectivity index (χ3n) is 4.43. The van der Waals surface area contributed by atoms with E-state index in [9.17, 15) is 18.0 Å². The third-order valence-corrected chi connectivity index (χ3v) is 6.46. The van der Waals surface area contributed by atoms with Crippen LogP contribution in [0.4, 0.5) is 0 Å². The standard InChI is InChI=1S/C16H26N4O4S/c1-4-19(5-2)25(23,24)14-6-7-15(21)18(11-14)12-16(22)20-9-8-17-10-13(20)3/h6-7,11,13,17H,4-5,8-10,12H2,1-3H3/t13-/m0/s1. The molecule has 1 aromatic rings. The number of pyridine rings is 1. The van der Waals surface area contributed by atoms with Crippen LogP contribution in [0.1, 0.15) is 20.8 Å². The predicted molar refractivity (Wildman–Crippen MR) is 94.9 cm³/mol. The van der Waals surface area contributed by atoms with Gasteiger partial charge in [-0.2, -0.15) is 4.31 Å². The molecule has 1 aliphatic rings. The summed E-state index contributed by atoms with van der Waals surface area (Å²) in [5.74, 6) is -0.187. The number of sulfonamides is 1. The topological polar surface area (TPSA) is 91.7 Å². The predicted octanol–water partition coefficient (Wildman–Crippen LogP) is -0.301. The van der Waals surface area contributed by atoms with Crippen LogP contribution in [-0.2, 0) is 21.4 Å². The van der Waals surface area contributed by atoms with Crippen LogP contribution in [-0.4, -0.2) is 66.9 Å². The van der Waals surface area contributed by atoms with Gasteiger partial charge in [-0.3, -0.25) is 9.59 Å². The Labute approximate surface area is 148 Å². The maximum Gasteiger partial charge on any atom is 0.251 e. The summed E-state index contributed by atoms with van der Waals surface area (Å²) >= 11 is 0. The number of aromatic nitrogens is 1. The van der Waals surface area contributed by atoms with Crippen molar-refractivity contribution in [2.75, 3.05) is 32.7 Å². The average molecular weight is 370 g/mol. The quantitative estimate of drug-likeness (QED) is 0.742. The van der Waals surface area contributed by atoms with Crippen LogP contribution < -0.4 is 10.9 Å². The van der Waals surface area contributed by atoms with E-state index in [4.69, 9.17) is 0 Å². The molecule has 1 saturated heterocycles. The highest BCUT2D eigenvalue weighted by Crippen LogP contribution is 2.14. The summed E-state index contributed by atoms with van der Waals surface area (Å²) in [4.78, 5) is 26.3. The molecule has 1 N–H and O–H groups in total. The highest BCUT2D eigenvalue weighted by atomic mass is 32.2. The van der Waals surface area contributed by atoms with Gasteiger partial charge in [0.2, 0.25) is 15.9 Å². The van der Waals surface area contributed by atoms with E-state index in [-0.39, 0.29) is 23.4 Å². The zero-order valence-corrected chi connectivity index (χ0v) is 15.8. The summed E-state index contributed by atoms with van der Waals surface area (Å²) in [7, 11) is -3.67. The maximum absolute atomic E-state index is 12.6. The van der Waals surface area contributed by atoms with Crippen molar-refractivity contribution in [3.05, 3.63) is 28.7 Å². The second-order valence-electron chi connectivity index (χ2n) is 6.06. The number of amides is 1. The minimum absolute atomic E-state index is 0.0250. The lowest BCUT2D eigenvalue weighted by atomic mass is 10.2. The summed E-state index contributed by atoms with van der Waals surface area (Å²) in [6.07, 6.45) is 1.26. The van der Waals surface area contributed by atoms with E-state index in [1.807, 2.05) is 6.92 Å². The maximum atomic E-state index is 12.6. The van der Waals surface area contributed by atoms with Crippen molar-refractivity contribution in [2.24, 2.45) is 0 Å². The molecule has 0 bridgehead atoms. The summed E-state index contributed by atoms with van der Waals surface area (Å²) in [5.41, 5.74) is -0.394. The van der Waals surface area contributed by atoms with Gasteiger partial charge in [-0.1, -0.05) is 13.8 Å². The molecule has 0 spiro atoms. The third kappa shape index (κ3) is 4.28. The van der Waals surface area contributed by atoms with Gasteiger partial charge in [0.1, 0.15) is 6.54 Å². The van der Waals surface area contributed by atoms with E-state index in [2.05, 4.69) is 5.32 Å². The van der Waals surface area contributed by atoms with Gasteiger partial charge in [0.05, 0.1) is 4.90 Å². The Bertz CT molecular complexity index is 771. The molecule has 8 nitrogen and oxygen atoms in total. The molecule has 2 rings (SSSR count). The zero-order valence-electron chi connectivity index (χ0n) is 14.9. The normalized spacial score (nSPS) is 18.6. The Balaban J connectivity index is 2.27. The van der Waals surface area contributed by atoms with Crippen LogP contribution >= 0.6 is 0 Å². The fourth-order valence-electron chi connectivity index (χ4n) is 2.95. The summed E-state index contributed by atoms with van der Waals surface area (Å²) < 4.78 is 27.7. The number of hydrogen-bond donors (Lipinski definition) is 1. The molecule has 0 unspecified atom stereocenters.